The second kappa shape index (κ2) is 6.64. The maximum Gasteiger partial charge on any atom is 0.242 e. The van der Waals surface area contributed by atoms with E-state index in [4.69, 9.17) is 0 Å². The van der Waals surface area contributed by atoms with Crippen molar-refractivity contribution in [3.8, 4) is 0 Å². The van der Waals surface area contributed by atoms with Crippen molar-refractivity contribution in [2.24, 2.45) is 0 Å². The molecule has 2 N–H and O–H groups in total. The van der Waals surface area contributed by atoms with E-state index in [0.717, 1.165) is 0 Å². The predicted molar refractivity (Wildman–Crippen MR) is 78.8 cm³/mol. The molecular weight excluding hydrogens is 293 g/mol. The SMILES string of the molecule is CCNc1ccc(S(=O)(=O)NCc2ccc(F)cc2)cn1. The summed E-state index contributed by atoms with van der Waals surface area (Å²) in [6.45, 7) is 2.73. The molecule has 0 aliphatic heterocycles. The molecule has 1 aromatic heterocycles. The van der Waals surface area contributed by atoms with Gasteiger partial charge >= 0.3 is 0 Å². The Balaban J connectivity index is 2.05. The van der Waals surface area contributed by atoms with Gasteiger partial charge in [-0.25, -0.2) is 22.5 Å². The highest BCUT2D eigenvalue weighted by Crippen LogP contribution is 2.11. The van der Waals surface area contributed by atoms with Crippen LogP contribution in [0.5, 0.6) is 0 Å². The van der Waals surface area contributed by atoms with Gasteiger partial charge in [-0.1, -0.05) is 12.1 Å². The van der Waals surface area contributed by atoms with Crippen LogP contribution in [0, 0.1) is 5.82 Å². The van der Waals surface area contributed by atoms with E-state index in [1.165, 1.54) is 36.5 Å². The zero-order valence-electron chi connectivity index (χ0n) is 11.5. The molecule has 0 atom stereocenters. The Kier molecular flexibility index (Phi) is 4.87. The van der Waals surface area contributed by atoms with Gasteiger partial charge in [-0.2, -0.15) is 0 Å². The fraction of sp³-hybridized carbons (Fsp3) is 0.214. The lowest BCUT2D eigenvalue weighted by molar-refractivity contribution is 0.581. The van der Waals surface area contributed by atoms with Crippen molar-refractivity contribution in [3.05, 3.63) is 54.0 Å². The molecule has 112 valence electrons. The van der Waals surface area contributed by atoms with Gasteiger partial charge in [0.05, 0.1) is 0 Å². The number of rotatable bonds is 6. The molecule has 2 rings (SSSR count). The number of nitrogens with one attached hydrogen (secondary N) is 2. The largest absolute Gasteiger partial charge is 0.370 e. The smallest absolute Gasteiger partial charge is 0.242 e. The first-order valence-corrected chi connectivity index (χ1v) is 7.93. The molecule has 7 heteroatoms. The zero-order valence-corrected chi connectivity index (χ0v) is 12.3. The van der Waals surface area contributed by atoms with Crippen LogP contribution in [-0.2, 0) is 16.6 Å². The second-order valence-corrected chi connectivity index (χ2v) is 6.13. The van der Waals surface area contributed by atoms with Crippen molar-refractivity contribution in [2.75, 3.05) is 11.9 Å². The van der Waals surface area contributed by atoms with Crippen molar-refractivity contribution < 1.29 is 12.8 Å². The molecule has 0 bridgehead atoms. The molecule has 21 heavy (non-hydrogen) atoms. The van der Waals surface area contributed by atoms with Gasteiger partial charge in [0.2, 0.25) is 10.0 Å². The molecule has 0 radical (unpaired) electrons. The zero-order chi connectivity index (χ0) is 15.3. The van der Waals surface area contributed by atoms with Crippen LogP contribution in [0.1, 0.15) is 12.5 Å². The average Bonchev–Trinajstić information content (AvgIpc) is 2.48. The molecule has 1 aromatic carbocycles. The summed E-state index contributed by atoms with van der Waals surface area (Å²) in [7, 11) is -3.63. The highest BCUT2D eigenvalue weighted by molar-refractivity contribution is 7.89. The van der Waals surface area contributed by atoms with Crippen LogP contribution in [0.4, 0.5) is 10.2 Å². The number of halogens is 1. The van der Waals surface area contributed by atoms with Crippen LogP contribution >= 0.6 is 0 Å². The predicted octanol–water partition coefficient (Wildman–Crippen LogP) is 2.13. The fourth-order valence-electron chi connectivity index (χ4n) is 1.69. The number of anilines is 1. The third-order valence-electron chi connectivity index (χ3n) is 2.78. The molecule has 2 aromatic rings. The third kappa shape index (κ3) is 4.24. The first-order chi connectivity index (χ1) is 10.0. The normalized spacial score (nSPS) is 11.3. The average molecular weight is 309 g/mol. The quantitative estimate of drug-likeness (QED) is 0.857. The molecule has 5 nitrogen and oxygen atoms in total. The number of hydrogen-bond acceptors (Lipinski definition) is 4. The van der Waals surface area contributed by atoms with Gasteiger partial charge in [0.25, 0.3) is 0 Å². The van der Waals surface area contributed by atoms with Crippen molar-refractivity contribution in [1.82, 2.24) is 9.71 Å². The van der Waals surface area contributed by atoms with Crippen LogP contribution in [0.25, 0.3) is 0 Å². The summed E-state index contributed by atoms with van der Waals surface area (Å²) in [5, 5.41) is 2.99. The van der Waals surface area contributed by atoms with Gasteiger partial charge in [0.15, 0.2) is 0 Å². The summed E-state index contributed by atoms with van der Waals surface area (Å²) in [4.78, 5) is 4.11. The Morgan fingerprint density at radius 1 is 1.14 bits per heavy atom. The first kappa shape index (κ1) is 15.4. The summed E-state index contributed by atoms with van der Waals surface area (Å²) < 4.78 is 39.4. The van der Waals surface area contributed by atoms with Gasteiger partial charge in [-0.15, -0.1) is 0 Å². The number of nitrogens with zero attached hydrogens (tertiary/aromatic N) is 1. The van der Waals surface area contributed by atoms with Gasteiger partial charge in [-0.3, -0.25) is 0 Å². The summed E-state index contributed by atoms with van der Waals surface area (Å²) in [5.41, 5.74) is 0.678. The van der Waals surface area contributed by atoms with E-state index in [0.29, 0.717) is 17.9 Å². The van der Waals surface area contributed by atoms with E-state index in [2.05, 4.69) is 15.0 Å². The Bertz CT molecular complexity index is 685. The summed E-state index contributed by atoms with van der Waals surface area (Å²) >= 11 is 0. The van der Waals surface area contributed by atoms with Crippen molar-refractivity contribution in [3.63, 3.8) is 0 Å². The Labute approximate surface area is 123 Å². The Morgan fingerprint density at radius 2 is 1.86 bits per heavy atom. The maximum absolute atomic E-state index is 12.8. The van der Waals surface area contributed by atoms with E-state index < -0.39 is 10.0 Å². The Hall–Kier alpha value is -1.99. The monoisotopic (exact) mass is 309 g/mol. The molecule has 1 heterocycles. The van der Waals surface area contributed by atoms with Crippen molar-refractivity contribution in [2.45, 2.75) is 18.4 Å². The van der Waals surface area contributed by atoms with E-state index in [1.807, 2.05) is 6.92 Å². The van der Waals surface area contributed by atoms with Gasteiger partial charge in [-0.05, 0) is 36.8 Å². The molecule has 0 saturated heterocycles. The summed E-state index contributed by atoms with van der Waals surface area (Å²) in [5.74, 6) is 0.264. The van der Waals surface area contributed by atoms with Crippen LogP contribution < -0.4 is 10.0 Å². The minimum Gasteiger partial charge on any atom is -0.370 e. The number of aromatic nitrogens is 1. The lowest BCUT2D eigenvalue weighted by Crippen LogP contribution is -2.23. The van der Waals surface area contributed by atoms with E-state index in [1.54, 1.807) is 6.07 Å². The standard InChI is InChI=1S/C14H16FN3O2S/c1-2-16-14-8-7-13(10-17-14)21(19,20)18-9-11-3-5-12(15)6-4-11/h3-8,10,18H,2,9H2,1H3,(H,16,17). The summed E-state index contributed by atoms with van der Waals surface area (Å²) in [6.07, 6.45) is 1.30. The molecule has 0 unspecified atom stereocenters. The van der Waals surface area contributed by atoms with E-state index in [9.17, 15) is 12.8 Å². The molecule has 0 fully saturated rings. The number of sulfonamides is 1. The minimum absolute atomic E-state index is 0.0891. The highest BCUT2D eigenvalue weighted by Gasteiger charge is 2.14. The highest BCUT2D eigenvalue weighted by atomic mass is 32.2. The van der Waals surface area contributed by atoms with Crippen LogP contribution in [0.15, 0.2) is 47.5 Å². The van der Waals surface area contributed by atoms with Crippen LogP contribution in [-0.4, -0.2) is 19.9 Å². The maximum atomic E-state index is 12.8. The molecule has 0 aliphatic carbocycles. The minimum atomic E-state index is -3.63. The number of pyridine rings is 1. The van der Waals surface area contributed by atoms with Crippen molar-refractivity contribution in [1.29, 1.82) is 0 Å². The molecule has 0 amide bonds. The molecule has 0 saturated carbocycles. The third-order valence-corrected chi connectivity index (χ3v) is 4.17. The fourth-order valence-corrected chi connectivity index (χ4v) is 2.65. The molecular formula is C14H16FN3O2S. The number of benzene rings is 1. The van der Waals surface area contributed by atoms with E-state index >= 15 is 0 Å². The topological polar surface area (TPSA) is 71.1 Å². The van der Waals surface area contributed by atoms with Gasteiger partial charge in [0.1, 0.15) is 16.5 Å². The number of hydrogen-bond donors (Lipinski definition) is 2. The van der Waals surface area contributed by atoms with Crippen LogP contribution in [0.3, 0.4) is 0 Å². The molecule has 0 aliphatic rings. The van der Waals surface area contributed by atoms with Gasteiger partial charge < -0.3 is 5.32 Å². The Morgan fingerprint density at radius 3 is 2.43 bits per heavy atom. The summed E-state index contributed by atoms with van der Waals surface area (Å²) in [6, 6.07) is 8.73. The molecule has 0 spiro atoms. The lowest BCUT2D eigenvalue weighted by atomic mass is 10.2. The first-order valence-electron chi connectivity index (χ1n) is 6.45. The van der Waals surface area contributed by atoms with Crippen molar-refractivity contribution >= 4 is 15.8 Å². The van der Waals surface area contributed by atoms with Gasteiger partial charge in [0, 0.05) is 19.3 Å². The lowest BCUT2D eigenvalue weighted by Gasteiger charge is -2.08. The second-order valence-electron chi connectivity index (χ2n) is 4.36. The van der Waals surface area contributed by atoms with Crippen LogP contribution in [0.2, 0.25) is 0 Å². The van der Waals surface area contributed by atoms with E-state index in [-0.39, 0.29) is 17.3 Å².